The summed E-state index contributed by atoms with van der Waals surface area (Å²) in [6.45, 7) is 7.11. The van der Waals surface area contributed by atoms with Crippen LogP contribution in [0, 0.1) is 6.92 Å². The highest BCUT2D eigenvalue weighted by Gasteiger charge is 2.17. The topological polar surface area (TPSA) is 50.4 Å². The SMILES string of the molecule is CC/C=C(/C)C1=NC=CC(N)/C1=C\NCc1ccc(P)c(C)c1. The molecule has 0 saturated carbocycles. The van der Waals surface area contributed by atoms with E-state index in [1.54, 1.807) is 6.20 Å². The van der Waals surface area contributed by atoms with Crippen molar-refractivity contribution in [3.8, 4) is 0 Å². The summed E-state index contributed by atoms with van der Waals surface area (Å²) in [5.74, 6) is 0. The Bertz CT molecular complexity index is 684. The Balaban J connectivity index is 2.12. The second-order valence-corrected chi connectivity index (χ2v) is 6.43. The minimum atomic E-state index is -0.119. The van der Waals surface area contributed by atoms with E-state index in [1.807, 2.05) is 12.3 Å². The lowest BCUT2D eigenvalue weighted by Gasteiger charge is -2.19. The normalized spacial score (nSPS) is 19.9. The highest BCUT2D eigenvalue weighted by Crippen LogP contribution is 2.16. The number of nitrogens with two attached hydrogens (primary N) is 1. The van der Waals surface area contributed by atoms with E-state index in [0.29, 0.717) is 0 Å². The van der Waals surface area contributed by atoms with Gasteiger partial charge in [0, 0.05) is 24.5 Å². The van der Waals surface area contributed by atoms with Crippen LogP contribution in [0.15, 0.2) is 58.9 Å². The lowest BCUT2D eigenvalue weighted by Crippen LogP contribution is -2.29. The Labute approximate surface area is 141 Å². The molecule has 3 nitrogen and oxygen atoms in total. The Morgan fingerprint density at radius 1 is 1.43 bits per heavy atom. The summed E-state index contributed by atoms with van der Waals surface area (Å²) in [7, 11) is 2.75. The molecule has 0 aromatic heterocycles. The van der Waals surface area contributed by atoms with Crippen molar-refractivity contribution in [1.29, 1.82) is 0 Å². The first-order valence-corrected chi connectivity index (χ1v) is 8.56. The smallest absolute Gasteiger partial charge is 0.0720 e. The fourth-order valence-corrected chi connectivity index (χ4v) is 2.75. The molecular weight excluding hydrogens is 301 g/mol. The average molecular weight is 327 g/mol. The molecule has 0 saturated heterocycles. The van der Waals surface area contributed by atoms with Crippen LogP contribution in [0.2, 0.25) is 0 Å². The molecule has 1 aliphatic rings. The van der Waals surface area contributed by atoms with Gasteiger partial charge in [0.2, 0.25) is 0 Å². The predicted octanol–water partition coefficient (Wildman–Crippen LogP) is 3.12. The van der Waals surface area contributed by atoms with Crippen LogP contribution in [0.4, 0.5) is 0 Å². The van der Waals surface area contributed by atoms with E-state index in [4.69, 9.17) is 5.73 Å². The predicted molar refractivity (Wildman–Crippen MR) is 104 cm³/mol. The summed E-state index contributed by atoms with van der Waals surface area (Å²) in [4.78, 5) is 4.51. The molecule has 1 aromatic carbocycles. The molecule has 1 heterocycles. The molecule has 0 amide bonds. The Morgan fingerprint density at radius 2 is 2.22 bits per heavy atom. The first-order valence-electron chi connectivity index (χ1n) is 7.99. The number of allylic oxidation sites excluding steroid dienone is 2. The molecule has 0 radical (unpaired) electrons. The molecule has 2 rings (SSSR count). The van der Waals surface area contributed by atoms with Crippen molar-refractivity contribution >= 4 is 20.3 Å². The zero-order chi connectivity index (χ0) is 16.8. The van der Waals surface area contributed by atoms with Crippen LogP contribution in [-0.2, 0) is 6.54 Å². The maximum absolute atomic E-state index is 6.22. The number of nitrogens with one attached hydrogen (secondary N) is 1. The van der Waals surface area contributed by atoms with Gasteiger partial charge in [0.1, 0.15) is 0 Å². The van der Waals surface area contributed by atoms with Crippen molar-refractivity contribution in [2.75, 3.05) is 0 Å². The maximum Gasteiger partial charge on any atom is 0.0720 e. The monoisotopic (exact) mass is 327 g/mol. The first kappa shape index (κ1) is 17.7. The molecule has 0 fully saturated rings. The van der Waals surface area contributed by atoms with Crippen molar-refractivity contribution in [1.82, 2.24) is 5.32 Å². The molecular formula is C19H26N3P. The van der Waals surface area contributed by atoms with Crippen molar-refractivity contribution in [2.24, 2.45) is 10.7 Å². The molecule has 0 spiro atoms. The van der Waals surface area contributed by atoms with Gasteiger partial charge in [-0.3, -0.25) is 4.99 Å². The Kier molecular flexibility index (Phi) is 6.32. The summed E-state index contributed by atoms with van der Waals surface area (Å²) in [6.07, 6.45) is 8.89. The molecule has 3 N–H and O–H groups in total. The van der Waals surface area contributed by atoms with Crippen molar-refractivity contribution in [2.45, 2.75) is 39.8 Å². The third-order valence-corrected chi connectivity index (χ3v) is 4.56. The number of hydrogen-bond donors (Lipinski definition) is 2. The number of hydrogen-bond acceptors (Lipinski definition) is 3. The van der Waals surface area contributed by atoms with Gasteiger partial charge in [-0.15, -0.1) is 9.24 Å². The molecule has 4 heteroatoms. The summed E-state index contributed by atoms with van der Waals surface area (Å²) in [5, 5.41) is 4.62. The van der Waals surface area contributed by atoms with Crippen LogP contribution in [0.5, 0.6) is 0 Å². The fourth-order valence-electron chi connectivity index (χ4n) is 2.57. The summed E-state index contributed by atoms with van der Waals surface area (Å²) in [6, 6.07) is 6.34. The van der Waals surface area contributed by atoms with E-state index < -0.39 is 0 Å². The van der Waals surface area contributed by atoms with Gasteiger partial charge in [-0.25, -0.2) is 0 Å². The van der Waals surface area contributed by atoms with Crippen molar-refractivity contribution in [3.05, 3.63) is 65.0 Å². The summed E-state index contributed by atoms with van der Waals surface area (Å²) < 4.78 is 0. The molecule has 0 bridgehead atoms. The largest absolute Gasteiger partial charge is 0.386 e. The van der Waals surface area contributed by atoms with Gasteiger partial charge in [-0.1, -0.05) is 31.2 Å². The number of nitrogens with zero attached hydrogens (tertiary/aromatic N) is 1. The molecule has 2 unspecified atom stereocenters. The number of benzene rings is 1. The second kappa shape index (κ2) is 8.24. The van der Waals surface area contributed by atoms with E-state index in [1.165, 1.54) is 22.0 Å². The Morgan fingerprint density at radius 3 is 2.91 bits per heavy atom. The standard InChI is InChI=1S/C19H26N3P/c1-4-5-13(2)19-16(17(20)8-9-22-19)12-21-11-15-6-7-18(23)14(3)10-15/h5-10,12,17,21H,4,11,20,23H2,1-3H3/b13-5-,16-12+. The zero-order valence-corrected chi connectivity index (χ0v) is 15.3. The third kappa shape index (κ3) is 4.63. The zero-order valence-electron chi connectivity index (χ0n) is 14.1. The lowest BCUT2D eigenvalue weighted by atomic mass is 9.95. The van der Waals surface area contributed by atoms with Crippen molar-refractivity contribution < 1.29 is 0 Å². The molecule has 122 valence electrons. The van der Waals surface area contributed by atoms with Crippen LogP contribution in [0.1, 0.15) is 31.4 Å². The second-order valence-electron chi connectivity index (χ2n) is 5.81. The van der Waals surface area contributed by atoms with Gasteiger partial charge in [0.15, 0.2) is 0 Å². The van der Waals surface area contributed by atoms with E-state index >= 15 is 0 Å². The highest BCUT2D eigenvalue weighted by molar-refractivity contribution is 7.27. The van der Waals surface area contributed by atoms with Gasteiger partial charge in [0.05, 0.1) is 11.8 Å². The van der Waals surface area contributed by atoms with Crippen LogP contribution >= 0.6 is 9.24 Å². The highest BCUT2D eigenvalue weighted by atomic mass is 31.0. The van der Waals surface area contributed by atoms with Crippen molar-refractivity contribution in [3.63, 3.8) is 0 Å². The fraction of sp³-hybridized carbons (Fsp3) is 0.316. The van der Waals surface area contributed by atoms with Gasteiger partial charge in [0.25, 0.3) is 0 Å². The van der Waals surface area contributed by atoms with Gasteiger partial charge in [-0.05, 0) is 48.3 Å². The van der Waals surface area contributed by atoms with E-state index in [9.17, 15) is 0 Å². The lowest BCUT2D eigenvalue weighted by molar-refractivity contribution is 0.845. The summed E-state index contributed by atoms with van der Waals surface area (Å²) in [5.41, 5.74) is 11.9. The van der Waals surface area contributed by atoms with Gasteiger partial charge < -0.3 is 11.1 Å². The summed E-state index contributed by atoms with van der Waals surface area (Å²) >= 11 is 0. The van der Waals surface area contributed by atoms with Gasteiger partial charge >= 0.3 is 0 Å². The van der Waals surface area contributed by atoms with Crippen LogP contribution < -0.4 is 16.4 Å². The molecule has 0 aliphatic carbocycles. The average Bonchev–Trinajstić information content (AvgIpc) is 2.52. The van der Waals surface area contributed by atoms with Gasteiger partial charge in [-0.2, -0.15) is 0 Å². The molecule has 2 atom stereocenters. The quantitative estimate of drug-likeness (QED) is 0.817. The van der Waals surface area contributed by atoms with Crippen LogP contribution in [-0.4, -0.2) is 11.8 Å². The van der Waals surface area contributed by atoms with E-state index in [2.05, 4.69) is 64.6 Å². The number of aryl methyl sites for hydroxylation is 1. The minimum Gasteiger partial charge on any atom is -0.386 e. The third-order valence-electron chi connectivity index (χ3n) is 3.91. The van der Waals surface area contributed by atoms with E-state index in [-0.39, 0.29) is 6.04 Å². The minimum absolute atomic E-state index is 0.119. The molecule has 1 aromatic rings. The number of aliphatic imine (C=N–C) groups is 1. The first-order chi connectivity index (χ1) is 11.0. The maximum atomic E-state index is 6.22. The molecule has 1 aliphatic heterocycles. The number of rotatable bonds is 5. The molecule has 23 heavy (non-hydrogen) atoms. The van der Waals surface area contributed by atoms with E-state index in [0.717, 1.165) is 24.3 Å². The van der Waals surface area contributed by atoms with Crippen LogP contribution in [0.25, 0.3) is 0 Å². The van der Waals surface area contributed by atoms with Crippen LogP contribution in [0.3, 0.4) is 0 Å². The Hall–Kier alpha value is -1.70.